The quantitative estimate of drug-likeness (QED) is 0.0349. The summed E-state index contributed by atoms with van der Waals surface area (Å²) in [5.41, 5.74) is 0. The van der Waals surface area contributed by atoms with Crippen molar-refractivity contribution in [3.63, 3.8) is 0 Å². The predicted molar refractivity (Wildman–Crippen MR) is 229 cm³/mol. The van der Waals surface area contributed by atoms with E-state index in [1.807, 2.05) is 0 Å². The second kappa shape index (κ2) is 42.6. The first kappa shape index (κ1) is 52.4. The summed E-state index contributed by atoms with van der Waals surface area (Å²) in [5, 5.41) is 0. The lowest BCUT2D eigenvalue weighted by Crippen LogP contribution is -2.30. The van der Waals surface area contributed by atoms with E-state index in [1.54, 1.807) is 0 Å². The van der Waals surface area contributed by atoms with Crippen LogP contribution in [0.4, 0.5) is 0 Å². The molecule has 1 atom stereocenters. The second-order valence-corrected chi connectivity index (χ2v) is 16.9. The first-order valence-corrected chi connectivity index (χ1v) is 23.9. The first-order valence-electron chi connectivity index (χ1n) is 23.9. The molecule has 54 heavy (non-hydrogen) atoms. The van der Waals surface area contributed by atoms with Crippen molar-refractivity contribution in [2.75, 3.05) is 13.2 Å². The van der Waals surface area contributed by atoms with Crippen LogP contribution < -0.4 is 0 Å². The largest absolute Gasteiger partial charge is 0.462 e. The summed E-state index contributed by atoms with van der Waals surface area (Å²) in [6, 6.07) is 0. The molecule has 0 aliphatic heterocycles. The lowest BCUT2D eigenvalue weighted by molar-refractivity contribution is -0.167. The molecule has 0 aromatic heterocycles. The summed E-state index contributed by atoms with van der Waals surface area (Å²) in [6.07, 6.45) is 42.3. The van der Waals surface area contributed by atoms with E-state index in [4.69, 9.17) is 14.2 Å². The molecule has 0 aromatic carbocycles. The van der Waals surface area contributed by atoms with Gasteiger partial charge in [0.05, 0.1) is 0 Å². The Balaban J connectivity index is 4.32. The van der Waals surface area contributed by atoms with Crippen LogP contribution in [-0.2, 0) is 28.6 Å². The van der Waals surface area contributed by atoms with Gasteiger partial charge in [-0.2, -0.15) is 0 Å². The van der Waals surface area contributed by atoms with Crippen LogP contribution in [0.2, 0.25) is 0 Å². The van der Waals surface area contributed by atoms with Gasteiger partial charge in [-0.1, -0.05) is 227 Å². The monoisotopic (exact) mass is 765 g/mol. The van der Waals surface area contributed by atoms with Gasteiger partial charge in [-0.3, -0.25) is 14.4 Å². The standard InChI is InChI=1S/C48H92O6/c1-5-7-9-11-13-15-17-18-19-21-23-29-33-37-41-48(51)54-45(42-52-46(49)39-35-31-27-22-20-16-14-12-10-8-6-2)43-53-47(50)40-36-32-28-25-24-26-30-34-38-44(3)4/h44-45H,5-43H2,1-4H3/t45-/m1/s1. The predicted octanol–water partition coefficient (Wildman–Crippen LogP) is 15.1. The highest BCUT2D eigenvalue weighted by molar-refractivity contribution is 5.71. The number of unbranched alkanes of at least 4 members (excludes halogenated alkanes) is 30. The van der Waals surface area contributed by atoms with Gasteiger partial charge in [-0.05, 0) is 25.2 Å². The van der Waals surface area contributed by atoms with Gasteiger partial charge in [0.15, 0.2) is 6.10 Å². The third-order valence-corrected chi connectivity index (χ3v) is 10.8. The summed E-state index contributed by atoms with van der Waals surface area (Å²) >= 11 is 0. The van der Waals surface area contributed by atoms with Crippen molar-refractivity contribution in [3.05, 3.63) is 0 Å². The maximum absolute atomic E-state index is 12.7. The summed E-state index contributed by atoms with van der Waals surface area (Å²) < 4.78 is 16.7. The Labute approximate surface area is 336 Å². The van der Waals surface area contributed by atoms with Gasteiger partial charge in [0.1, 0.15) is 13.2 Å². The highest BCUT2D eigenvalue weighted by atomic mass is 16.6. The van der Waals surface area contributed by atoms with E-state index < -0.39 is 6.10 Å². The average Bonchev–Trinajstić information content (AvgIpc) is 3.15. The minimum atomic E-state index is -0.759. The maximum Gasteiger partial charge on any atom is 0.306 e. The first-order chi connectivity index (χ1) is 26.4. The zero-order chi connectivity index (χ0) is 39.6. The molecular formula is C48H92O6. The molecule has 0 radical (unpaired) electrons. The molecule has 0 saturated carbocycles. The highest BCUT2D eigenvalue weighted by Crippen LogP contribution is 2.16. The smallest absolute Gasteiger partial charge is 0.306 e. The summed E-state index contributed by atoms with van der Waals surface area (Å²) in [7, 11) is 0. The van der Waals surface area contributed by atoms with E-state index in [0.29, 0.717) is 19.3 Å². The van der Waals surface area contributed by atoms with Crippen LogP contribution in [0.1, 0.15) is 265 Å². The fourth-order valence-corrected chi connectivity index (χ4v) is 7.16. The molecule has 0 aliphatic rings. The number of carbonyl (C=O) groups is 3. The Morgan fingerprint density at radius 1 is 0.352 bits per heavy atom. The molecule has 0 saturated heterocycles. The van der Waals surface area contributed by atoms with E-state index in [9.17, 15) is 14.4 Å². The van der Waals surface area contributed by atoms with Crippen molar-refractivity contribution in [1.29, 1.82) is 0 Å². The van der Waals surface area contributed by atoms with Gasteiger partial charge in [0.25, 0.3) is 0 Å². The van der Waals surface area contributed by atoms with Gasteiger partial charge in [0.2, 0.25) is 0 Å². The van der Waals surface area contributed by atoms with Crippen molar-refractivity contribution in [2.45, 2.75) is 271 Å². The molecule has 0 aliphatic carbocycles. The van der Waals surface area contributed by atoms with Gasteiger partial charge in [-0.25, -0.2) is 0 Å². The van der Waals surface area contributed by atoms with Crippen LogP contribution in [-0.4, -0.2) is 37.2 Å². The molecule has 0 fully saturated rings. The minimum absolute atomic E-state index is 0.0637. The molecule has 0 N–H and O–H groups in total. The molecule has 0 spiro atoms. The van der Waals surface area contributed by atoms with Crippen molar-refractivity contribution < 1.29 is 28.6 Å². The lowest BCUT2D eigenvalue weighted by Gasteiger charge is -2.18. The van der Waals surface area contributed by atoms with Crippen LogP contribution in [0, 0.1) is 5.92 Å². The minimum Gasteiger partial charge on any atom is -0.462 e. The number of hydrogen-bond acceptors (Lipinski definition) is 6. The lowest BCUT2D eigenvalue weighted by atomic mass is 10.0. The molecule has 320 valence electrons. The number of carbonyl (C=O) groups excluding carboxylic acids is 3. The highest BCUT2D eigenvalue weighted by Gasteiger charge is 2.19. The van der Waals surface area contributed by atoms with Crippen LogP contribution in [0.3, 0.4) is 0 Å². The Morgan fingerprint density at radius 2 is 0.611 bits per heavy atom. The van der Waals surface area contributed by atoms with Crippen LogP contribution in [0.15, 0.2) is 0 Å². The second-order valence-electron chi connectivity index (χ2n) is 16.9. The Kier molecular flexibility index (Phi) is 41.3. The molecular weight excluding hydrogens is 673 g/mol. The number of hydrogen-bond donors (Lipinski definition) is 0. The zero-order valence-corrected chi connectivity index (χ0v) is 36.7. The zero-order valence-electron chi connectivity index (χ0n) is 36.7. The van der Waals surface area contributed by atoms with Gasteiger partial charge in [-0.15, -0.1) is 0 Å². The number of ether oxygens (including phenoxy) is 3. The van der Waals surface area contributed by atoms with Gasteiger partial charge >= 0.3 is 17.9 Å². The molecule has 0 amide bonds. The van der Waals surface area contributed by atoms with Crippen molar-refractivity contribution in [3.8, 4) is 0 Å². The topological polar surface area (TPSA) is 78.9 Å². The van der Waals surface area contributed by atoms with Crippen molar-refractivity contribution in [1.82, 2.24) is 0 Å². The molecule has 0 rings (SSSR count). The fourth-order valence-electron chi connectivity index (χ4n) is 7.16. The maximum atomic E-state index is 12.7. The van der Waals surface area contributed by atoms with Crippen molar-refractivity contribution in [2.24, 2.45) is 5.92 Å². The molecule has 6 nitrogen and oxygen atoms in total. The SMILES string of the molecule is CCCCCCCCCCCCCCCCC(=O)O[C@H](COC(=O)CCCCCCCCCCCCC)COC(=O)CCCCCCCCCCC(C)C. The van der Waals surface area contributed by atoms with E-state index in [2.05, 4.69) is 27.7 Å². The summed E-state index contributed by atoms with van der Waals surface area (Å²) in [6.45, 7) is 8.97. The Hall–Kier alpha value is -1.59. The number of esters is 3. The third kappa shape index (κ3) is 41.6. The molecule has 0 unspecified atom stereocenters. The van der Waals surface area contributed by atoms with Gasteiger partial charge < -0.3 is 14.2 Å². The van der Waals surface area contributed by atoms with Crippen LogP contribution in [0.5, 0.6) is 0 Å². The van der Waals surface area contributed by atoms with Crippen molar-refractivity contribution >= 4 is 17.9 Å². The summed E-state index contributed by atoms with van der Waals surface area (Å²) in [4.78, 5) is 37.7. The summed E-state index contributed by atoms with van der Waals surface area (Å²) in [5.74, 6) is -0.0558. The van der Waals surface area contributed by atoms with E-state index in [1.165, 1.54) is 161 Å². The normalized spacial score (nSPS) is 11.9. The van der Waals surface area contributed by atoms with E-state index in [-0.39, 0.29) is 31.1 Å². The van der Waals surface area contributed by atoms with E-state index in [0.717, 1.165) is 63.7 Å². The Bertz CT molecular complexity index is 811. The molecule has 6 heteroatoms. The van der Waals surface area contributed by atoms with Crippen LogP contribution in [0.25, 0.3) is 0 Å². The molecule has 0 heterocycles. The molecule has 0 bridgehead atoms. The third-order valence-electron chi connectivity index (χ3n) is 10.8. The van der Waals surface area contributed by atoms with Gasteiger partial charge in [0, 0.05) is 19.3 Å². The number of rotatable bonds is 43. The van der Waals surface area contributed by atoms with Crippen LogP contribution >= 0.6 is 0 Å². The average molecular weight is 765 g/mol. The fraction of sp³-hybridized carbons (Fsp3) is 0.938. The Morgan fingerprint density at radius 3 is 0.907 bits per heavy atom. The van der Waals surface area contributed by atoms with E-state index >= 15 is 0 Å². The molecule has 0 aromatic rings.